The number of esters is 1. The highest BCUT2D eigenvalue weighted by atomic mass is 32.2. The summed E-state index contributed by atoms with van der Waals surface area (Å²) in [6.07, 6.45) is 2.26. The second-order valence-corrected chi connectivity index (χ2v) is 7.65. The summed E-state index contributed by atoms with van der Waals surface area (Å²) in [5.41, 5.74) is 0. The standard InChI is InChI=1S/C17H18N2O6S/c1-24-17(21)16-10-12(20)11-19(16)26(22,23)15-4-2-13(3-5-15)25-14-6-8-18-9-7-14/h2-9,12,16,20H,10-11H2,1H3/t12-,16-/m1/s1. The fourth-order valence-corrected chi connectivity index (χ4v) is 4.38. The summed E-state index contributed by atoms with van der Waals surface area (Å²) in [5, 5.41) is 9.79. The van der Waals surface area contributed by atoms with Crippen molar-refractivity contribution >= 4 is 16.0 Å². The number of methoxy groups -OCH3 is 1. The second-order valence-electron chi connectivity index (χ2n) is 5.76. The summed E-state index contributed by atoms with van der Waals surface area (Å²) >= 11 is 0. The monoisotopic (exact) mass is 378 g/mol. The molecule has 0 unspecified atom stereocenters. The van der Waals surface area contributed by atoms with Crippen LogP contribution < -0.4 is 4.74 Å². The Hall–Kier alpha value is -2.49. The predicted octanol–water partition coefficient (Wildman–Crippen LogP) is 1.17. The average Bonchev–Trinajstić information content (AvgIpc) is 3.05. The van der Waals surface area contributed by atoms with Crippen molar-refractivity contribution in [3.05, 3.63) is 48.8 Å². The van der Waals surface area contributed by atoms with Crippen LogP contribution in [0.4, 0.5) is 0 Å². The molecule has 0 aliphatic carbocycles. The number of carbonyl (C=O) groups excluding carboxylic acids is 1. The number of hydrogen-bond acceptors (Lipinski definition) is 7. The van der Waals surface area contributed by atoms with Crippen LogP contribution in [-0.4, -0.2) is 54.6 Å². The number of ether oxygens (including phenoxy) is 2. The summed E-state index contributed by atoms with van der Waals surface area (Å²) in [6.45, 7) is -0.155. The Labute approximate surface area is 151 Å². The summed E-state index contributed by atoms with van der Waals surface area (Å²) in [4.78, 5) is 15.7. The Bertz CT molecular complexity index is 870. The molecule has 2 heterocycles. The first-order valence-electron chi connectivity index (χ1n) is 7.87. The molecule has 0 spiro atoms. The van der Waals surface area contributed by atoms with Gasteiger partial charge in [-0.3, -0.25) is 9.78 Å². The van der Waals surface area contributed by atoms with Crippen molar-refractivity contribution < 1.29 is 27.8 Å². The van der Waals surface area contributed by atoms with Gasteiger partial charge in [0.25, 0.3) is 0 Å². The number of β-amino-alcohol motifs (C(OH)–C–C–N with tert-alkyl or cyclic N) is 1. The highest BCUT2D eigenvalue weighted by Gasteiger charge is 2.44. The molecule has 1 aromatic heterocycles. The fourth-order valence-electron chi connectivity index (χ4n) is 2.76. The molecule has 8 nitrogen and oxygen atoms in total. The van der Waals surface area contributed by atoms with Crippen LogP contribution in [0, 0.1) is 0 Å². The van der Waals surface area contributed by atoms with Crippen molar-refractivity contribution in [2.24, 2.45) is 0 Å². The molecule has 9 heteroatoms. The number of nitrogens with zero attached hydrogens (tertiary/aromatic N) is 2. The lowest BCUT2D eigenvalue weighted by Crippen LogP contribution is -2.41. The molecule has 1 aliphatic rings. The third-order valence-corrected chi connectivity index (χ3v) is 5.91. The molecule has 0 amide bonds. The molecule has 138 valence electrons. The minimum absolute atomic E-state index is 0.00239. The van der Waals surface area contributed by atoms with E-state index in [1.54, 1.807) is 24.5 Å². The molecular weight excluding hydrogens is 360 g/mol. The Balaban J connectivity index is 1.82. The molecule has 0 saturated carbocycles. The van der Waals surface area contributed by atoms with E-state index in [0.29, 0.717) is 11.5 Å². The Kier molecular flexibility index (Phi) is 5.21. The molecule has 26 heavy (non-hydrogen) atoms. The number of rotatable bonds is 5. The molecule has 1 fully saturated rings. The third-order valence-electron chi connectivity index (χ3n) is 4.02. The first kappa shape index (κ1) is 18.3. The largest absolute Gasteiger partial charge is 0.468 e. The fraction of sp³-hybridized carbons (Fsp3) is 0.294. The third kappa shape index (κ3) is 3.69. The molecule has 1 aromatic carbocycles. The number of benzene rings is 1. The van der Waals surface area contributed by atoms with Gasteiger partial charge in [-0.1, -0.05) is 0 Å². The lowest BCUT2D eigenvalue weighted by Gasteiger charge is -2.21. The first-order valence-corrected chi connectivity index (χ1v) is 9.31. The Morgan fingerprint density at radius 3 is 2.38 bits per heavy atom. The van der Waals surface area contributed by atoms with Crippen LogP contribution >= 0.6 is 0 Å². The number of hydrogen-bond donors (Lipinski definition) is 1. The van der Waals surface area contributed by atoms with Crippen molar-refractivity contribution in [3.8, 4) is 11.5 Å². The van der Waals surface area contributed by atoms with Crippen LogP contribution in [0.15, 0.2) is 53.7 Å². The topological polar surface area (TPSA) is 106 Å². The minimum atomic E-state index is -3.96. The van der Waals surface area contributed by atoms with Gasteiger partial charge in [0.05, 0.1) is 18.1 Å². The van der Waals surface area contributed by atoms with Crippen LogP contribution in [0.1, 0.15) is 6.42 Å². The molecule has 2 atom stereocenters. The molecule has 3 rings (SSSR count). The normalized spacial score (nSPS) is 20.7. The number of aromatic nitrogens is 1. The van der Waals surface area contributed by atoms with E-state index in [4.69, 9.17) is 4.74 Å². The molecule has 1 aliphatic heterocycles. The van der Waals surface area contributed by atoms with E-state index in [9.17, 15) is 18.3 Å². The van der Waals surface area contributed by atoms with E-state index in [1.807, 2.05) is 0 Å². The van der Waals surface area contributed by atoms with E-state index >= 15 is 0 Å². The van der Waals surface area contributed by atoms with Crippen LogP contribution in [0.5, 0.6) is 11.5 Å². The summed E-state index contributed by atoms with van der Waals surface area (Å²) < 4.78 is 36.9. The smallest absolute Gasteiger partial charge is 0.324 e. The second kappa shape index (κ2) is 7.40. The average molecular weight is 378 g/mol. The van der Waals surface area contributed by atoms with Gasteiger partial charge in [-0.15, -0.1) is 0 Å². The van der Waals surface area contributed by atoms with Gasteiger partial charge in [-0.25, -0.2) is 8.42 Å². The zero-order valence-electron chi connectivity index (χ0n) is 14.0. The lowest BCUT2D eigenvalue weighted by molar-refractivity contribution is -0.144. The molecule has 0 bridgehead atoms. The van der Waals surface area contributed by atoms with Crippen LogP contribution in [0.2, 0.25) is 0 Å². The number of aliphatic hydroxyl groups is 1. The van der Waals surface area contributed by atoms with E-state index in [2.05, 4.69) is 9.72 Å². The summed E-state index contributed by atoms with van der Waals surface area (Å²) in [6, 6.07) is 8.15. The molecule has 2 aromatic rings. The lowest BCUT2D eigenvalue weighted by atomic mass is 10.2. The first-order chi connectivity index (χ1) is 12.4. The van der Waals surface area contributed by atoms with E-state index in [0.717, 1.165) is 4.31 Å². The Morgan fingerprint density at radius 1 is 1.15 bits per heavy atom. The van der Waals surface area contributed by atoms with Gasteiger partial charge >= 0.3 is 5.97 Å². The van der Waals surface area contributed by atoms with E-state index < -0.39 is 28.1 Å². The number of carbonyl (C=O) groups is 1. The molecule has 0 radical (unpaired) electrons. The quantitative estimate of drug-likeness (QED) is 0.779. The van der Waals surface area contributed by atoms with Gasteiger partial charge in [0.1, 0.15) is 17.5 Å². The zero-order valence-corrected chi connectivity index (χ0v) is 14.8. The van der Waals surface area contributed by atoms with Gasteiger partial charge in [-0.2, -0.15) is 4.31 Å². The van der Waals surface area contributed by atoms with Gasteiger partial charge in [0.2, 0.25) is 10.0 Å². The number of aliphatic hydroxyl groups excluding tert-OH is 1. The van der Waals surface area contributed by atoms with E-state index in [-0.39, 0.29) is 17.9 Å². The van der Waals surface area contributed by atoms with Crippen molar-refractivity contribution in [2.45, 2.75) is 23.5 Å². The maximum atomic E-state index is 12.8. The molecule has 1 saturated heterocycles. The predicted molar refractivity (Wildman–Crippen MR) is 91.1 cm³/mol. The SMILES string of the molecule is COC(=O)[C@H]1C[C@@H](O)CN1S(=O)(=O)c1ccc(Oc2ccncc2)cc1. The number of pyridine rings is 1. The van der Waals surface area contributed by atoms with Crippen molar-refractivity contribution in [1.82, 2.24) is 9.29 Å². The summed E-state index contributed by atoms with van der Waals surface area (Å²) in [5.74, 6) is 0.341. The summed E-state index contributed by atoms with van der Waals surface area (Å²) in [7, 11) is -2.77. The minimum Gasteiger partial charge on any atom is -0.468 e. The molecular formula is C17H18N2O6S. The van der Waals surface area contributed by atoms with Crippen LogP contribution in [-0.2, 0) is 19.6 Å². The number of sulfonamides is 1. The van der Waals surface area contributed by atoms with Gasteiger partial charge in [0, 0.05) is 25.4 Å². The zero-order chi connectivity index (χ0) is 18.7. The van der Waals surface area contributed by atoms with Gasteiger partial charge < -0.3 is 14.6 Å². The van der Waals surface area contributed by atoms with Crippen molar-refractivity contribution in [2.75, 3.05) is 13.7 Å². The molecule has 1 N–H and O–H groups in total. The van der Waals surface area contributed by atoms with Crippen LogP contribution in [0.3, 0.4) is 0 Å². The highest BCUT2D eigenvalue weighted by molar-refractivity contribution is 7.89. The van der Waals surface area contributed by atoms with Gasteiger partial charge in [0.15, 0.2) is 0 Å². The van der Waals surface area contributed by atoms with Crippen molar-refractivity contribution in [3.63, 3.8) is 0 Å². The van der Waals surface area contributed by atoms with Gasteiger partial charge in [-0.05, 0) is 36.4 Å². The maximum absolute atomic E-state index is 12.8. The van der Waals surface area contributed by atoms with E-state index in [1.165, 1.54) is 31.4 Å². The van der Waals surface area contributed by atoms with Crippen molar-refractivity contribution in [1.29, 1.82) is 0 Å². The van der Waals surface area contributed by atoms with Crippen LogP contribution in [0.25, 0.3) is 0 Å². The Morgan fingerprint density at radius 2 is 1.77 bits per heavy atom. The maximum Gasteiger partial charge on any atom is 0.324 e. The highest BCUT2D eigenvalue weighted by Crippen LogP contribution is 2.29.